The fourth-order valence-electron chi connectivity index (χ4n) is 3.65. The van der Waals surface area contributed by atoms with E-state index in [9.17, 15) is 9.59 Å². The van der Waals surface area contributed by atoms with Crippen LogP contribution in [0, 0.1) is 5.92 Å². The van der Waals surface area contributed by atoms with Crippen molar-refractivity contribution in [1.82, 2.24) is 4.90 Å². The van der Waals surface area contributed by atoms with E-state index in [1.165, 1.54) is 0 Å². The molecular formula is C22H24N2O5. The molecule has 1 fully saturated rings. The van der Waals surface area contributed by atoms with Crippen molar-refractivity contribution in [3.05, 3.63) is 48.0 Å². The first-order chi connectivity index (χ1) is 14.1. The predicted octanol–water partition coefficient (Wildman–Crippen LogP) is 2.96. The van der Waals surface area contributed by atoms with Crippen LogP contribution in [-0.4, -0.2) is 50.1 Å². The third kappa shape index (κ3) is 4.29. The summed E-state index contributed by atoms with van der Waals surface area (Å²) in [4.78, 5) is 27.2. The van der Waals surface area contributed by atoms with Crippen LogP contribution in [-0.2, 0) is 4.79 Å². The molecule has 152 valence electrons. The van der Waals surface area contributed by atoms with E-state index in [0.717, 1.165) is 0 Å². The number of methoxy groups -OCH3 is 1. The van der Waals surface area contributed by atoms with Crippen molar-refractivity contribution in [2.45, 2.75) is 12.8 Å². The molecule has 2 amide bonds. The van der Waals surface area contributed by atoms with Gasteiger partial charge in [-0.25, -0.2) is 0 Å². The Balaban J connectivity index is 1.33. The van der Waals surface area contributed by atoms with Crippen molar-refractivity contribution in [2.24, 2.45) is 5.92 Å². The van der Waals surface area contributed by atoms with Gasteiger partial charge in [0, 0.05) is 36.3 Å². The van der Waals surface area contributed by atoms with Crippen LogP contribution < -0.4 is 19.5 Å². The zero-order valence-corrected chi connectivity index (χ0v) is 16.3. The van der Waals surface area contributed by atoms with E-state index in [1.54, 1.807) is 42.3 Å². The standard InChI is InChI=1S/C22H24N2O5/c1-27-18-4-2-3-16(13-18)22(26)24-9-7-15(8-10-24)21(25)23-17-5-6-19-20(14-17)29-12-11-28-19/h2-6,13-15H,7-12H2,1H3,(H,23,25). The van der Waals surface area contributed by atoms with Gasteiger partial charge in [-0.2, -0.15) is 0 Å². The van der Waals surface area contributed by atoms with Gasteiger partial charge >= 0.3 is 0 Å². The molecular weight excluding hydrogens is 372 g/mol. The van der Waals surface area contributed by atoms with E-state index in [2.05, 4.69) is 5.32 Å². The summed E-state index contributed by atoms with van der Waals surface area (Å²) in [6.07, 6.45) is 1.26. The van der Waals surface area contributed by atoms with Crippen LogP contribution in [0.2, 0.25) is 0 Å². The number of nitrogens with one attached hydrogen (secondary N) is 1. The van der Waals surface area contributed by atoms with Gasteiger partial charge in [0.2, 0.25) is 5.91 Å². The molecule has 1 N–H and O–H groups in total. The lowest BCUT2D eigenvalue weighted by molar-refractivity contribution is -0.121. The maximum absolute atomic E-state index is 12.7. The molecule has 29 heavy (non-hydrogen) atoms. The number of fused-ring (bicyclic) bond motifs is 1. The number of hydrogen-bond acceptors (Lipinski definition) is 5. The molecule has 0 aliphatic carbocycles. The maximum atomic E-state index is 12.7. The summed E-state index contributed by atoms with van der Waals surface area (Å²) in [5, 5.41) is 2.96. The first-order valence-corrected chi connectivity index (χ1v) is 9.78. The number of ether oxygens (including phenoxy) is 3. The van der Waals surface area contributed by atoms with Crippen LogP contribution in [0.4, 0.5) is 5.69 Å². The number of piperidine rings is 1. The Hall–Kier alpha value is -3.22. The van der Waals surface area contributed by atoms with E-state index in [1.807, 2.05) is 12.1 Å². The van der Waals surface area contributed by atoms with Crippen molar-refractivity contribution >= 4 is 17.5 Å². The lowest BCUT2D eigenvalue weighted by Gasteiger charge is -2.31. The average Bonchev–Trinajstić information content (AvgIpc) is 2.78. The number of rotatable bonds is 4. The summed E-state index contributed by atoms with van der Waals surface area (Å²) < 4.78 is 16.3. The predicted molar refractivity (Wildman–Crippen MR) is 108 cm³/mol. The Labute approximate surface area is 169 Å². The Morgan fingerprint density at radius 2 is 1.79 bits per heavy atom. The highest BCUT2D eigenvalue weighted by atomic mass is 16.6. The first kappa shape index (κ1) is 19.1. The molecule has 2 aromatic carbocycles. The SMILES string of the molecule is COc1cccc(C(=O)N2CCC(C(=O)Nc3ccc4c(c3)OCCO4)CC2)c1. The summed E-state index contributed by atoms with van der Waals surface area (Å²) >= 11 is 0. The van der Waals surface area contributed by atoms with Gasteiger partial charge in [-0.1, -0.05) is 6.07 Å². The van der Waals surface area contributed by atoms with E-state index in [4.69, 9.17) is 14.2 Å². The van der Waals surface area contributed by atoms with Crippen LogP contribution >= 0.6 is 0 Å². The topological polar surface area (TPSA) is 77.1 Å². The molecule has 2 heterocycles. The fraction of sp³-hybridized carbons (Fsp3) is 0.364. The third-order valence-electron chi connectivity index (χ3n) is 5.28. The van der Waals surface area contributed by atoms with Crippen LogP contribution in [0.25, 0.3) is 0 Å². The van der Waals surface area contributed by atoms with Gasteiger partial charge in [-0.05, 0) is 43.2 Å². The number of benzene rings is 2. The highest BCUT2D eigenvalue weighted by Crippen LogP contribution is 2.33. The number of likely N-dealkylation sites (tertiary alicyclic amines) is 1. The van der Waals surface area contributed by atoms with Gasteiger partial charge in [-0.3, -0.25) is 9.59 Å². The van der Waals surface area contributed by atoms with E-state index in [0.29, 0.717) is 67.6 Å². The van der Waals surface area contributed by atoms with Gasteiger partial charge in [0.05, 0.1) is 7.11 Å². The minimum Gasteiger partial charge on any atom is -0.497 e. The second-order valence-corrected chi connectivity index (χ2v) is 7.15. The molecule has 2 aliphatic heterocycles. The number of carbonyl (C=O) groups excluding carboxylic acids is 2. The van der Waals surface area contributed by atoms with Crippen LogP contribution in [0.5, 0.6) is 17.2 Å². The van der Waals surface area contributed by atoms with Crippen molar-refractivity contribution in [1.29, 1.82) is 0 Å². The van der Waals surface area contributed by atoms with E-state index < -0.39 is 0 Å². The minimum absolute atomic E-state index is 0.0323. The smallest absolute Gasteiger partial charge is 0.253 e. The molecule has 2 aromatic rings. The maximum Gasteiger partial charge on any atom is 0.253 e. The van der Waals surface area contributed by atoms with Gasteiger partial charge < -0.3 is 24.4 Å². The van der Waals surface area contributed by atoms with Crippen LogP contribution in [0.3, 0.4) is 0 Å². The van der Waals surface area contributed by atoms with Crippen molar-refractivity contribution in [3.8, 4) is 17.2 Å². The van der Waals surface area contributed by atoms with E-state index >= 15 is 0 Å². The molecule has 0 bridgehead atoms. The molecule has 0 spiro atoms. The molecule has 2 aliphatic rings. The lowest BCUT2D eigenvalue weighted by Crippen LogP contribution is -2.41. The highest BCUT2D eigenvalue weighted by Gasteiger charge is 2.28. The second kappa shape index (κ2) is 8.43. The fourth-order valence-corrected chi connectivity index (χ4v) is 3.65. The Kier molecular flexibility index (Phi) is 5.55. The molecule has 4 rings (SSSR count). The van der Waals surface area contributed by atoms with Crippen LogP contribution in [0.1, 0.15) is 23.2 Å². The van der Waals surface area contributed by atoms with Gasteiger partial charge in [-0.15, -0.1) is 0 Å². The summed E-state index contributed by atoms with van der Waals surface area (Å²) in [6.45, 7) is 2.14. The Morgan fingerprint density at radius 3 is 2.55 bits per heavy atom. The molecule has 7 heteroatoms. The normalized spacial score (nSPS) is 16.2. The average molecular weight is 396 g/mol. The third-order valence-corrected chi connectivity index (χ3v) is 5.28. The van der Waals surface area contributed by atoms with Gasteiger partial charge in [0.1, 0.15) is 19.0 Å². The summed E-state index contributed by atoms with van der Waals surface area (Å²) in [5.74, 6) is 1.80. The first-order valence-electron chi connectivity index (χ1n) is 9.78. The molecule has 7 nitrogen and oxygen atoms in total. The van der Waals surface area contributed by atoms with Gasteiger partial charge in [0.15, 0.2) is 11.5 Å². The molecule has 0 radical (unpaired) electrons. The molecule has 0 saturated carbocycles. The zero-order chi connectivity index (χ0) is 20.2. The molecule has 0 atom stereocenters. The summed E-state index contributed by atoms with van der Waals surface area (Å²) in [5.41, 5.74) is 1.29. The largest absolute Gasteiger partial charge is 0.497 e. The lowest BCUT2D eigenvalue weighted by atomic mass is 9.95. The quantitative estimate of drug-likeness (QED) is 0.860. The number of anilines is 1. The van der Waals surface area contributed by atoms with Crippen molar-refractivity contribution in [2.75, 3.05) is 38.7 Å². The van der Waals surface area contributed by atoms with Crippen molar-refractivity contribution in [3.63, 3.8) is 0 Å². The minimum atomic E-state index is -0.127. The number of nitrogens with zero attached hydrogens (tertiary/aromatic N) is 1. The number of carbonyl (C=O) groups is 2. The summed E-state index contributed by atoms with van der Waals surface area (Å²) in [6, 6.07) is 12.5. The molecule has 1 saturated heterocycles. The number of hydrogen-bond donors (Lipinski definition) is 1. The van der Waals surface area contributed by atoms with Crippen LogP contribution in [0.15, 0.2) is 42.5 Å². The van der Waals surface area contributed by atoms with E-state index in [-0.39, 0.29) is 17.7 Å². The molecule has 0 aromatic heterocycles. The van der Waals surface area contributed by atoms with Gasteiger partial charge in [0.25, 0.3) is 5.91 Å². The number of amides is 2. The van der Waals surface area contributed by atoms with Crippen molar-refractivity contribution < 1.29 is 23.8 Å². The summed E-state index contributed by atoms with van der Waals surface area (Å²) in [7, 11) is 1.58. The zero-order valence-electron chi connectivity index (χ0n) is 16.3. The Bertz CT molecular complexity index is 906. The second-order valence-electron chi connectivity index (χ2n) is 7.15. The Morgan fingerprint density at radius 1 is 1.03 bits per heavy atom. The molecule has 0 unspecified atom stereocenters. The highest BCUT2D eigenvalue weighted by molar-refractivity contribution is 5.95. The monoisotopic (exact) mass is 396 g/mol.